The second-order valence-corrected chi connectivity index (χ2v) is 8.89. The molecule has 1 aliphatic heterocycles. The van der Waals surface area contributed by atoms with Gasteiger partial charge in [-0.25, -0.2) is 0 Å². The summed E-state index contributed by atoms with van der Waals surface area (Å²) < 4.78 is 7.24. The third-order valence-electron chi connectivity index (χ3n) is 5.86. The fourth-order valence-corrected chi connectivity index (χ4v) is 4.96. The number of nitriles is 1. The number of esters is 1. The van der Waals surface area contributed by atoms with Gasteiger partial charge in [-0.2, -0.15) is 5.26 Å². The van der Waals surface area contributed by atoms with Crippen molar-refractivity contribution in [2.24, 2.45) is 0 Å². The molecule has 0 saturated carbocycles. The molecule has 0 radical (unpaired) electrons. The van der Waals surface area contributed by atoms with E-state index in [-0.39, 0.29) is 23.2 Å². The summed E-state index contributed by atoms with van der Waals surface area (Å²) in [5.74, 6) is -0.429. The minimum Gasteiger partial charge on any atom is -0.454 e. The van der Waals surface area contributed by atoms with Crippen LogP contribution in [0.5, 0.6) is 0 Å². The number of pyridine rings is 2. The van der Waals surface area contributed by atoms with Gasteiger partial charge in [-0.05, 0) is 23.8 Å². The molecule has 4 rings (SSSR count). The van der Waals surface area contributed by atoms with Crippen molar-refractivity contribution >= 4 is 29.2 Å². The van der Waals surface area contributed by atoms with Crippen LogP contribution >= 0.6 is 11.8 Å². The molecule has 0 N–H and O–H groups in total. The minimum atomic E-state index is -0.770. The zero-order chi connectivity index (χ0) is 23.4. The third-order valence-corrected chi connectivity index (χ3v) is 6.74. The summed E-state index contributed by atoms with van der Waals surface area (Å²) in [5, 5.41) is 8.93. The molecule has 1 saturated heterocycles. The second kappa shape index (κ2) is 9.51. The van der Waals surface area contributed by atoms with Crippen molar-refractivity contribution in [1.29, 1.82) is 5.26 Å². The smallest absolute Gasteiger partial charge is 0.303 e. The molecule has 1 aromatic carbocycles. The molecule has 33 heavy (non-hydrogen) atoms. The van der Waals surface area contributed by atoms with Gasteiger partial charge in [-0.3, -0.25) is 18.8 Å². The van der Waals surface area contributed by atoms with Gasteiger partial charge < -0.3 is 9.64 Å². The largest absolute Gasteiger partial charge is 0.454 e. The molecule has 7 nitrogen and oxygen atoms in total. The highest BCUT2D eigenvalue weighted by Crippen LogP contribution is 2.37. The minimum absolute atomic E-state index is 0.119. The number of rotatable bonds is 5. The maximum absolute atomic E-state index is 13.5. The summed E-state index contributed by atoms with van der Waals surface area (Å²) in [6.07, 6.45) is 2.58. The molecule has 1 fully saturated rings. The Labute approximate surface area is 195 Å². The van der Waals surface area contributed by atoms with Crippen LogP contribution in [-0.2, 0) is 15.1 Å². The average Bonchev–Trinajstić information content (AvgIpc) is 2.84. The molecule has 1 aliphatic rings. The number of fused-ring (bicyclic) bond motifs is 1. The van der Waals surface area contributed by atoms with Crippen LogP contribution in [0.1, 0.15) is 35.7 Å². The van der Waals surface area contributed by atoms with E-state index in [1.165, 1.54) is 11.3 Å². The van der Waals surface area contributed by atoms with Crippen LogP contribution in [0.2, 0.25) is 0 Å². The second-order valence-electron chi connectivity index (χ2n) is 7.88. The topological polar surface area (TPSA) is 91.9 Å². The first-order valence-corrected chi connectivity index (χ1v) is 11.6. The molecule has 0 aliphatic carbocycles. The van der Waals surface area contributed by atoms with E-state index in [9.17, 15) is 14.4 Å². The molecule has 3 aromatic rings. The molecule has 8 heteroatoms. The Hall–Kier alpha value is -3.57. The number of carbonyl (C=O) groups is 2. The monoisotopic (exact) mass is 461 g/mol. The molecule has 1 amide bonds. The van der Waals surface area contributed by atoms with Gasteiger partial charge in [-0.1, -0.05) is 36.4 Å². The Bertz CT molecular complexity index is 1290. The quantitative estimate of drug-likeness (QED) is 0.426. The van der Waals surface area contributed by atoms with E-state index < -0.39 is 5.60 Å². The van der Waals surface area contributed by atoms with Crippen LogP contribution < -0.4 is 5.56 Å². The number of nitrogens with zero attached hydrogens (tertiary/aromatic N) is 3. The maximum atomic E-state index is 13.5. The van der Waals surface area contributed by atoms with E-state index in [0.717, 1.165) is 17.3 Å². The lowest BCUT2D eigenvalue weighted by Crippen LogP contribution is -2.47. The SMILES string of the molecule is CC(=O)OC1(c2ccccc2)CCN(C(=O)c2cc(SCC#N)c(=O)n3ccccc23)CC1. The van der Waals surface area contributed by atoms with Crippen molar-refractivity contribution in [3.05, 3.63) is 82.3 Å². The molecule has 3 heterocycles. The molecule has 2 aromatic heterocycles. The van der Waals surface area contributed by atoms with Crippen molar-refractivity contribution < 1.29 is 14.3 Å². The number of carbonyl (C=O) groups excluding carboxylic acids is 2. The summed E-state index contributed by atoms with van der Waals surface area (Å²) in [6.45, 7) is 2.20. The Balaban J connectivity index is 1.65. The summed E-state index contributed by atoms with van der Waals surface area (Å²) in [7, 11) is 0. The molecular weight excluding hydrogens is 438 g/mol. The van der Waals surface area contributed by atoms with Crippen molar-refractivity contribution in [3.8, 4) is 6.07 Å². The molecule has 0 atom stereocenters. The van der Waals surface area contributed by atoms with Gasteiger partial charge in [0.25, 0.3) is 11.5 Å². The lowest BCUT2D eigenvalue weighted by atomic mass is 9.84. The van der Waals surface area contributed by atoms with Gasteiger partial charge >= 0.3 is 5.97 Å². The normalized spacial score (nSPS) is 15.1. The predicted octanol–water partition coefficient (Wildman–Crippen LogP) is 3.61. The molecule has 0 unspecified atom stereocenters. The standard InChI is InChI=1S/C25H23N3O4S/c1-18(29)32-25(19-7-3-2-4-8-19)10-14-27(15-11-25)23(30)20-17-22(33-16-12-26)24(31)28-13-6-5-9-21(20)28/h2-9,13,17H,10-11,14-16H2,1H3. The first kappa shape index (κ1) is 22.6. The number of piperidine rings is 1. The number of hydrogen-bond acceptors (Lipinski definition) is 6. The lowest BCUT2D eigenvalue weighted by molar-refractivity contribution is -0.163. The maximum Gasteiger partial charge on any atom is 0.303 e. The summed E-state index contributed by atoms with van der Waals surface area (Å²) in [5.41, 5.74) is 0.829. The van der Waals surface area contributed by atoms with E-state index in [1.54, 1.807) is 35.4 Å². The van der Waals surface area contributed by atoms with E-state index in [0.29, 0.717) is 41.9 Å². The van der Waals surface area contributed by atoms with Crippen LogP contribution in [0, 0.1) is 11.3 Å². The van der Waals surface area contributed by atoms with Crippen molar-refractivity contribution in [3.63, 3.8) is 0 Å². The number of amides is 1. The van der Waals surface area contributed by atoms with Crippen molar-refractivity contribution in [2.45, 2.75) is 30.3 Å². The van der Waals surface area contributed by atoms with E-state index in [1.807, 2.05) is 36.4 Å². The Morgan fingerprint density at radius 2 is 1.82 bits per heavy atom. The van der Waals surface area contributed by atoms with Crippen LogP contribution in [0.15, 0.2) is 70.5 Å². The fraction of sp³-hybridized carbons (Fsp3) is 0.280. The highest BCUT2D eigenvalue weighted by Gasteiger charge is 2.40. The third kappa shape index (κ3) is 4.50. The lowest BCUT2D eigenvalue weighted by Gasteiger charge is -2.41. The number of hydrogen-bond donors (Lipinski definition) is 0. The average molecular weight is 462 g/mol. The van der Waals surface area contributed by atoms with Gasteiger partial charge in [0.2, 0.25) is 0 Å². The highest BCUT2D eigenvalue weighted by atomic mass is 32.2. The number of aromatic nitrogens is 1. The highest BCUT2D eigenvalue weighted by molar-refractivity contribution is 7.99. The van der Waals surface area contributed by atoms with Crippen LogP contribution in [0.3, 0.4) is 0 Å². The van der Waals surface area contributed by atoms with Crippen LogP contribution in [-0.4, -0.2) is 40.0 Å². The molecule has 168 valence electrons. The van der Waals surface area contributed by atoms with E-state index >= 15 is 0 Å². The van der Waals surface area contributed by atoms with E-state index in [4.69, 9.17) is 10.00 Å². The Morgan fingerprint density at radius 3 is 2.48 bits per heavy atom. The van der Waals surface area contributed by atoms with Gasteiger partial charge in [0.1, 0.15) is 5.60 Å². The Morgan fingerprint density at radius 1 is 1.12 bits per heavy atom. The summed E-state index contributed by atoms with van der Waals surface area (Å²) in [6, 6.07) is 18.5. The van der Waals surface area contributed by atoms with Crippen LogP contribution in [0.25, 0.3) is 5.52 Å². The zero-order valence-electron chi connectivity index (χ0n) is 18.2. The summed E-state index contributed by atoms with van der Waals surface area (Å²) >= 11 is 1.12. The van der Waals surface area contributed by atoms with Crippen LogP contribution in [0.4, 0.5) is 0 Å². The number of benzene rings is 1. The first-order valence-electron chi connectivity index (χ1n) is 10.6. The van der Waals surface area contributed by atoms with Crippen molar-refractivity contribution in [1.82, 2.24) is 9.30 Å². The number of thioether (sulfide) groups is 1. The number of ether oxygens (including phenoxy) is 1. The van der Waals surface area contributed by atoms with Gasteiger partial charge in [0.05, 0.1) is 27.8 Å². The predicted molar refractivity (Wildman–Crippen MR) is 125 cm³/mol. The van der Waals surface area contributed by atoms with Gasteiger partial charge in [0, 0.05) is 39.1 Å². The Kier molecular flexibility index (Phi) is 6.52. The summed E-state index contributed by atoms with van der Waals surface area (Å²) in [4.78, 5) is 40.3. The van der Waals surface area contributed by atoms with Crippen molar-refractivity contribution in [2.75, 3.05) is 18.8 Å². The number of likely N-dealkylation sites (tertiary alicyclic amines) is 1. The first-order chi connectivity index (χ1) is 15.9. The molecule has 0 bridgehead atoms. The van der Waals surface area contributed by atoms with E-state index in [2.05, 4.69) is 0 Å². The fourth-order valence-electron chi connectivity index (χ4n) is 4.32. The van der Waals surface area contributed by atoms with Gasteiger partial charge in [0.15, 0.2) is 0 Å². The zero-order valence-corrected chi connectivity index (χ0v) is 19.0. The molecule has 0 spiro atoms. The molecular formula is C25H23N3O4S. The van der Waals surface area contributed by atoms with Gasteiger partial charge in [-0.15, -0.1) is 11.8 Å².